The van der Waals surface area contributed by atoms with Gasteiger partial charge < -0.3 is 10.4 Å². The highest BCUT2D eigenvalue weighted by Crippen LogP contribution is 2.29. The van der Waals surface area contributed by atoms with Gasteiger partial charge in [-0.05, 0) is 37.0 Å². The first-order valence-electron chi connectivity index (χ1n) is 5.96. The summed E-state index contributed by atoms with van der Waals surface area (Å²) in [6, 6.07) is 4.91. The van der Waals surface area contributed by atoms with Crippen molar-refractivity contribution in [2.24, 2.45) is 5.92 Å². The number of carboxylic acid groups (broad SMARTS) is 1. The fraction of sp³-hybridized carbons (Fsp3) is 0.308. The van der Waals surface area contributed by atoms with Crippen molar-refractivity contribution in [2.45, 2.75) is 12.8 Å². The third-order valence-electron chi connectivity index (χ3n) is 3.14. The second-order valence-corrected chi connectivity index (χ2v) is 4.58. The number of benzene rings is 1. The zero-order valence-electron chi connectivity index (χ0n) is 9.76. The Morgan fingerprint density at radius 1 is 1.39 bits per heavy atom. The number of carboxylic acids is 1. The maximum absolute atomic E-state index is 10.9. The number of aromatic carboxylic acids is 1. The quantitative estimate of drug-likeness (QED) is 0.860. The Morgan fingerprint density at radius 3 is 2.94 bits per heavy atom. The minimum atomic E-state index is -0.942. The van der Waals surface area contributed by atoms with Crippen molar-refractivity contribution in [1.82, 2.24) is 9.97 Å². The average Bonchev–Trinajstić information content (AvgIpc) is 3.19. The highest BCUT2D eigenvalue weighted by Gasteiger charge is 2.21. The Morgan fingerprint density at radius 2 is 2.22 bits per heavy atom. The molecule has 92 valence electrons. The van der Waals surface area contributed by atoms with Crippen LogP contribution in [0.2, 0.25) is 0 Å². The van der Waals surface area contributed by atoms with Crippen LogP contribution in [0.5, 0.6) is 0 Å². The number of nitrogens with zero attached hydrogens (tertiary/aromatic N) is 2. The molecular weight excluding hydrogens is 230 g/mol. The van der Waals surface area contributed by atoms with Gasteiger partial charge in [-0.15, -0.1) is 0 Å². The van der Waals surface area contributed by atoms with E-state index in [1.807, 2.05) is 0 Å². The Hall–Kier alpha value is -2.17. The number of carbonyl (C=O) groups is 1. The molecule has 1 aliphatic carbocycles. The van der Waals surface area contributed by atoms with E-state index in [9.17, 15) is 4.79 Å². The molecule has 2 aromatic rings. The van der Waals surface area contributed by atoms with E-state index < -0.39 is 5.97 Å². The third-order valence-corrected chi connectivity index (χ3v) is 3.14. The molecule has 0 atom stereocenters. The number of rotatable bonds is 4. The van der Waals surface area contributed by atoms with Gasteiger partial charge in [0.15, 0.2) is 0 Å². The minimum absolute atomic E-state index is 0.245. The van der Waals surface area contributed by atoms with Crippen LogP contribution < -0.4 is 5.32 Å². The van der Waals surface area contributed by atoms with E-state index in [1.54, 1.807) is 18.2 Å². The van der Waals surface area contributed by atoms with Crippen LogP contribution in [0.1, 0.15) is 23.2 Å². The monoisotopic (exact) mass is 243 g/mol. The molecule has 18 heavy (non-hydrogen) atoms. The SMILES string of the molecule is O=C(O)c1ccc2c(NCC3CC3)ncnc2c1. The molecule has 5 heteroatoms. The molecule has 0 saturated heterocycles. The predicted octanol–water partition coefficient (Wildman–Crippen LogP) is 2.15. The Bertz CT molecular complexity index is 608. The molecule has 0 amide bonds. The molecule has 0 unspecified atom stereocenters. The lowest BCUT2D eigenvalue weighted by Gasteiger charge is -2.07. The van der Waals surface area contributed by atoms with Crippen molar-refractivity contribution in [1.29, 1.82) is 0 Å². The summed E-state index contributed by atoms with van der Waals surface area (Å²) in [4.78, 5) is 19.2. The largest absolute Gasteiger partial charge is 0.478 e. The molecule has 1 aromatic carbocycles. The Balaban J connectivity index is 1.96. The van der Waals surface area contributed by atoms with Crippen LogP contribution in [0.25, 0.3) is 10.9 Å². The third kappa shape index (κ3) is 2.11. The molecule has 3 rings (SSSR count). The number of hydrogen-bond acceptors (Lipinski definition) is 4. The van der Waals surface area contributed by atoms with Crippen molar-refractivity contribution in [3.8, 4) is 0 Å². The van der Waals surface area contributed by atoms with Gasteiger partial charge in [-0.25, -0.2) is 14.8 Å². The normalized spacial score (nSPS) is 14.7. The molecule has 1 fully saturated rings. The zero-order chi connectivity index (χ0) is 12.5. The molecule has 0 radical (unpaired) electrons. The van der Waals surface area contributed by atoms with E-state index in [4.69, 9.17) is 5.11 Å². The van der Waals surface area contributed by atoms with Gasteiger partial charge in [-0.2, -0.15) is 0 Å². The standard InChI is InChI=1S/C13H13N3O2/c17-13(18)9-3-4-10-11(5-9)15-7-16-12(10)14-6-8-1-2-8/h3-5,7-8H,1-2,6H2,(H,17,18)(H,14,15,16). The first-order chi connectivity index (χ1) is 8.74. The molecule has 5 nitrogen and oxygen atoms in total. The van der Waals surface area contributed by atoms with E-state index >= 15 is 0 Å². The summed E-state index contributed by atoms with van der Waals surface area (Å²) in [7, 11) is 0. The van der Waals surface area contributed by atoms with Crippen LogP contribution in [0.4, 0.5) is 5.82 Å². The van der Waals surface area contributed by atoms with E-state index in [2.05, 4.69) is 15.3 Å². The summed E-state index contributed by atoms with van der Waals surface area (Å²) in [5.74, 6) is 0.597. The van der Waals surface area contributed by atoms with Crippen molar-refractivity contribution < 1.29 is 9.90 Å². The van der Waals surface area contributed by atoms with Gasteiger partial charge >= 0.3 is 5.97 Å². The van der Waals surface area contributed by atoms with Crippen LogP contribution >= 0.6 is 0 Å². The van der Waals surface area contributed by atoms with Gasteiger partial charge in [0.2, 0.25) is 0 Å². The first kappa shape index (κ1) is 11.0. The van der Waals surface area contributed by atoms with E-state index in [0.29, 0.717) is 5.52 Å². The lowest BCUT2D eigenvalue weighted by molar-refractivity contribution is 0.0697. The van der Waals surface area contributed by atoms with Crippen LogP contribution in [-0.4, -0.2) is 27.6 Å². The van der Waals surface area contributed by atoms with Crippen molar-refractivity contribution in [3.63, 3.8) is 0 Å². The molecule has 1 aliphatic rings. The number of nitrogens with one attached hydrogen (secondary N) is 1. The summed E-state index contributed by atoms with van der Waals surface area (Å²) >= 11 is 0. The minimum Gasteiger partial charge on any atom is -0.478 e. The summed E-state index contributed by atoms with van der Waals surface area (Å²) in [6.07, 6.45) is 4.02. The summed E-state index contributed by atoms with van der Waals surface area (Å²) < 4.78 is 0. The lowest BCUT2D eigenvalue weighted by Crippen LogP contribution is -2.06. The first-order valence-corrected chi connectivity index (χ1v) is 5.96. The predicted molar refractivity (Wildman–Crippen MR) is 67.7 cm³/mol. The molecule has 0 spiro atoms. The van der Waals surface area contributed by atoms with Crippen molar-refractivity contribution in [2.75, 3.05) is 11.9 Å². The lowest BCUT2D eigenvalue weighted by atomic mass is 10.1. The molecule has 1 aromatic heterocycles. The van der Waals surface area contributed by atoms with E-state index in [1.165, 1.54) is 19.2 Å². The second-order valence-electron chi connectivity index (χ2n) is 4.58. The number of fused-ring (bicyclic) bond motifs is 1. The zero-order valence-corrected chi connectivity index (χ0v) is 9.76. The Kier molecular flexibility index (Phi) is 2.59. The smallest absolute Gasteiger partial charge is 0.335 e. The number of aromatic nitrogens is 2. The van der Waals surface area contributed by atoms with Crippen molar-refractivity contribution >= 4 is 22.7 Å². The van der Waals surface area contributed by atoms with Crippen molar-refractivity contribution in [3.05, 3.63) is 30.1 Å². The van der Waals surface area contributed by atoms with Gasteiger partial charge in [0.1, 0.15) is 12.1 Å². The van der Waals surface area contributed by atoms with Gasteiger partial charge in [0.05, 0.1) is 11.1 Å². The number of hydrogen-bond donors (Lipinski definition) is 2. The van der Waals surface area contributed by atoms with Gasteiger partial charge in [0, 0.05) is 11.9 Å². The van der Waals surface area contributed by atoms with Crippen LogP contribution in [0, 0.1) is 5.92 Å². The van der Waals surface area contributed by atoms with Gasteiger partial charge in [-0.1, -0.05) is 0 Å². The molecule has 1 heterocycles. The fourth-order valence-corrected chi connectivity index (χ4v) is 1.89. The van der Waals surface area contributed by atoms with E-state index in [-0.39, 0.29) is 5.56 Å². The summed E-state index contributed by atoms with van der Waals surface area (Å²) in [6.45, 7) is 0.923. The van der Waals surface area contributed by atoms with E-state index in [0.717, 1.165) is 23.7 Å². The highest BCUT2D eigenvalue weighted by atomic mass is 16.4. The Labute approximate surface area is 104 Å². The van der Waals surface area contributed by atoms with Crippen LogP contribution in [0.15, 0.2) is 24.5 Å². The molecule has 0 aliphatic heterocycles. The molecule has 1 saturated carbocycles. The summed E-state index contributed by atoms with van der Waals surface area (Å²) in [5, 5.41) is 13.1. The maximum atomic E-state index is 10.9. The highest BCUT2D eigenvalue weighted by molar-refractivity contribution is 5.96. The fourth-order valence-electron chi connectivity index (χ4n) is 1.89. The van der Waals surface area contributed by atoms with Gasteiger partial charge in [-0.3, -0.25) is 0 Å². The van der Waals surface area contributed by atoms with Gasteiger partial charge in [0.25, 0.3) is 0 Å². The summed E-state index contributed by atoms with van der Waals surface area (Å²) in [5.41, 5.74) is 0.900. The topological polar surface area (TPSA) is 75.1 Å². The second kappa shape index (κ2) is 4.25. The maximum Gasteiger partial charge on any atom is 0.335 e. The number of anilines is 1. The molecule has 2 N–H and O–H groups in total. The van der Waals surface area contributed by atoms with Crippen LogP contribution in [-0.2, 0) is 0 Å². The van der Waals surface area contributed by atoms with Crippen LogP contribution in [0.3, 0.4) is 0 Å². The average molecular weight is 243 g/mol. The molecular formula is C13H13N3O2. The molecule has 0 bridgehead atoms.